The van der Waals surface area contributed by atoms with Crippen LogP contribution in [0, 0.1) is 12.3 Å². The number of carbonyl (C=O) groups is 1. The van der Waals surface area contributed by atoms with E-state index in [0.29, 0.717) is 32.2 Å². The molecule has 0 fully saturated rings. The standard InChI is InChI=1S/C19H32N4O2/c1-7-21-17(24)19(4,5)13-23-18(20-6)22-12-15-10-9-14(3)11-16(15)25-8-2/h9-11H,7-8,12-13H2,1-6H3,(H,21,24)(H2,20,22,23). The van der Waals surface area contributed by atoms with Crippen molar-refractivity contribution < 1.29 is 9.53 Å². The number of nitrogens with one attached hydrogen (secondary N) is 3. The maximum atomic E-state index is 12.1. The molecular formula is C19H32N4O2. The number of guanidine groups is 1. The Morgan fingerprint density at radius 1 is 1.20 bits per heavy atom. The van der Waals surface area contributed by atoms with Crippen LogP contribution in [0.5, 0.6) is 5.75 Å². The Morgan fingerprint density at radius 2 is 1.92 bits per heavy atom. The lowest BCUT2D eigenvalue weighted by molar-refractivity contribution is -0.128. The van der Waals surface area contributed by atoms with E-state index in [9.17, 15) is 4.79 Å². The van der Waals surface area contributed by atoms with Gasteiger partial charge >= 0.3 is 0 Å². The number of carbonyl (C=O) groups excluding carboxylic acids is 1. The zero-order chi connectivity index (χ0) is 18.9. The van der Waals surface area contributed by atoms with E-state index in [-0.39, 0.29) is 5.91 Å². The molecule has 0 aliphatic carbocycles. The van der Waals surface area contributed by atoms with E-state index in [2.05, 4.69) is 33.1 Å². The van der Waals surface area contributed by atoms with Crippen LogP contribution in [0.1, 0.15) is 38.8 Å². The molecule has 3 N–H and O–H groups in total. The summed E-state index contributed by atoms with van der Waals surface area (Å²) < 4.78 is 5.70. The Labute approximate surface area is 151 Å². The van der Waals surface area contributed by atoms with Gasteiger partial charge in [0.1, 0.15) is 5.75 Å². The summed E-state index contributed by atoms with van der Waals surface area (Å²) in [7, 11) is 1.72. The van der Waals surface area contributed by atoms with Crippen LogP contribution in [0.3, 0.4) is 0 Å². The summed E-state index contributed by atoms with van der Waals surface area (Å²) in [6.45, 7) is 12.1. The second-order valence-corrected chi connectivity index (χ2v) is 6.57. The van der Waals surface area contributed by atoms with E-state index in [4.69, 9.17) is 4.74 Å². The lowest BCUT2D eigenvalue weighted by atomic mass is 9.92. The number of amides is 1. The Balaban J connectivity index is 2.65. The van der Waals surface area contributed by atoms with Crippen molar-refractivity contribution in [3.63, 3.8) is 0 Å². The van der Waals surface area contributed by atoms with E-state index in [1.807, 2.05) is 40.7 Å². The maximum absolute atomic E-state index is 12.1. The summed E-state index contributed by atoms with van der Waals surface area (Å²) in [5.41, 5.74) is 1.71. The van der Waals surface area contributed by atoms with Crippen molar-refractivity contribution in [2.75, 3.05) is 26.7 Å². The molecule has 0 aromatic heterocycles. The first kappa shape index (κ1) is 20.8. The minimum absolute atomic E-state index is 0.0233. The number of ether oxygens (including phenoxy) is 1. The van der Waals surface area contributed by atoms with Crippen molar-refractivity contribution in [3.05, 3.63) is 29.3 Å². The highest BCUT2D eigenvalue weighted by atomic mass is 16.5. The Bertz CT molecular complexity index is 597. The normalized spacial score (nSPS) is 11.8. The zero-order valence-electron chi connectivity index (χ0n) is 16.3. The third-order valence-electron chi connectivity index (χ3n) is 3.84. The van der Waals surface area contributed by atoms with Gasteiger partial charge in [-0.1, -0.05) is 12.1 Å². The van der Waals surface area contributed by atoms with Gasteiger partial charge in [-0.3, -0.25) is 9.79 Å². The molecule has 1 amide bonds. The van der Waals surface area contributed by atoms with Crippen molar-refractivity contribution in [3.8, 4) is 5.75 Å². The molecule has 0 spiro atoms. The largest absolute Gasteiger partial charge is 0.494 e. The smallest absolute Gasteiger partial charge is 0.227 e. The molecule has 1 aromatic carbocycles. The van der Waals surface area contributed by atoms with E-state index in [1.165, 1.54) is 5.56 Å². The molecule has 0 saturated heterocycles. The van der Waals surface area contributed by atoms with Gasteiger partial charge in [-0.2, -0.15) is 0 Å². The molecule has 6 nitrogen and oxygen atoms in total. The highest BCUT2D eigenvalue weighted by Crippen LogP contribution is 2.20. The quantitative estimate of drug-likeness (QED) is 0.497. The summed E-state index contributed by atoms with van der Waals surface area (Å²) >= 11 is 0. The van der Waals surface area contributed by atoms with Crippen molar-refractivity contribution in [2.45, 2.75) is 41.2 Å². The number of aliphatic imine (C=N–C) groups is 1. The molecule has 0 aliphatic heterocycles. The van der Waals surface area contributed by atoms with Crippen LogP contribution in [0.15, 0.2) is 23.2 Å². The van der Waals surface area contributed by atoms with E-state index in [0.717, 1.165) is 11.3 Å². The molecule has 6 heteroatoms. The average Bonchev–Trinajstić information content (AvgIpc) is 2.57. The minimum atomic E-state index is -0.520. The molecule has 0 radical (unpaired) electrons. The molecule has 140 valence electrons. The van der Waals surface area contributed by atoms with Gasteiger partial charge < -0.3 is 20.7 Å². The molecule has 0 unspecified atom stereocenters. The van der Waals surface area contributed by atoms with Crippen LogP contribution in [-0.2, 0) is 11.3 Å². The lowest BCUT2D eigenvalue weighted by Gasteiger charge is -2.25. The number of aryl methyl sites for hydroxylation is 1. The van der Waals surface area contributed by atoms with Crippen LogP contribution in [0.2, 0.25) is 0 Å². The number of hydrogen-bond acceptors (Lipinski definition) is 3. The van der Waals surface area contributed by atoms with Crippen molar-refractivity contribution >= 4 is 11.9 Å². The average molecular weight is 348 g/mol. The van der Waals surface area contributed by atoms with Crippen LogP contribution < -0.4 is 20.7 Å². The molecule has 0 saturated carbocycles. The van der Waals surface area contributed by atoms with Crippen molar-refractivity contribution in [1.29, 1.82) is 0 Å². The summed E-state index contributed by atoms with van der Waals surface area (Å²) in [4.78, 5) is 16.3. The van der Waals surface area contributed by atoms with Gasteiger partial charge in [-0.25, -0.2) is 0 Å². The van der Waals surface area contributed by atoms with Gasteiger partial charge in [0, 0.05) is 32.2 Å². The Morgan fingerprint density at radius 3 is 2.52 bits per heavy atom. The van der Waals surface area contributed by atoms with Crippen LogP contribution in [0.25, 0.3) is 0 Å². The van der Waals surface area contributed by atoms with Gasteiger partial charge in [0.15, 0.2) is 5.96 Å². The summed E-state index contributed by atoms with van der Waals surface area (Å²) in [5, 5.41) is 9.35. The fraction of sp³-hybridized carbons (Fsp3) is 0.579. The first-order valence-electron chi connectivity index (χ1n) is 8.79. The highest BCUT2D eigenvalue weighted by Gasteiger charge is 2.27. The predicted molar refractivity (Wildman–Crippen MR) is 103 cm³/mol. The number of benzene rings is 1. The number of hydrogen-bond donors (Lipinski definition) is 3. The molecule has 0 bridgehead atoms. The summed E-state index contributed by atoms with van der Waals surface area (Å²) in [6, 6.07) is 6.15. The van der Waals surface area contributed by atoms with E-state index in [1.54, 1.807) is 7.05 Å². The Kier molecular flexibility index (Phi) is 8.25. The number of nitrogens with zero attached hydrogens (tertiary/aromatic N) is 1. The van der Waals surface area contributed by atoms with Gasteiger partial charge in [-0.05, 0) is 46.2 Å². The van der Waals surface area contributed by atoms with Crippen molar-refractivity contribution in [2.24, 2.45) is 10.4 Å². The maximum Gasteiger partial charge on any atom is 0.227 e. The first-order valence-corrected chi connectivity index (χ1v) is 8.79. The SMILES string of the molecule is CCNC(=O)C(C)(C)CNC(=NC)NCc1ccc(C)cc1OCC. The fourth-order valence-electron chi connectivity index (χ4n) is 2.28. The summed E-state index contributed by atoms with van der Waals surface area (Å²) in [6.07, 6.45) is 0. The van der Waals surface area contributed by atoms with Crippen LogP contribution in [0.4, 0.5) is 0 Å². The van der Waals surface area contributed by atoms with Gasteiger partial charge in [0.05, 0.1) is 12.0 Å². The van der Waals surface area contributed by atoms with Gasteiger partial charge in [-0.15, -0.1) is 0 Å². The van der Waals surface area contributed by atoms with E-state index < -0.39 is 5.41 Å². The molecule has 0 aliphatic rings. The second-order valence-electron chi connectivity index (χ2n) is 6.57. The molecule has 1 rings (SSSR count). The lowest BCUT2D eigenvalue weighted by Crippen LogP contribution is -2.47. The van der Waals surface area contributed by atoms with Crippen LogP contribution >= 0.6 is 0 Å². The van der Waals surface area contributed by atoms with Crippen molar-refractivity contribution in [1.82, 2.24) is 16.0 Å². The first-order chi connectivity index (χ1) is 11.8. The molecular weight excluding hydrogens is 316 g/mol. The third-order valence-corrected chi connectivity index (χ3v) is 3.84. The van der Waals surface area contributed by atoms with Gasteiger partial charge in [0.2, 0.25) is 5.91 Å². The molecule has 1 aromatic rings. The predicted octanol–water partition coefficient (Wildman–Crippen LogP) is 2.22. The van der Waals surface area contributed by atoms with Crippen LogP contribution in [-0.4, -0.2) is 38.6 Å². The molecule has 0 atom stereocenters. The monoisotopic (exact) mass is 348 g/mol. The zero-order valence-corrected chi connectivity index (χ0v) is 16.3. The van der Waals surface area contributed by atoms with E-state index >= 15 is 0 Å². The highest BCUT2D eigenvalue weighted by molar-refractivity contribution is 5.84. The van der Waals surface area contributed by atoms with Gasteiger partial charge in [0.25, 0.3) is 0 Å². The topological polar surface area (TPSA) is 74.8 Å². The second kappa shape index (κ2) is 9.91. The molecule has 25 heavy (non-hydrogen) atoms. The third kappa shape index (κ3) is 6.64. The fourth-order valence-corrected chi connectivity index (χ4v) is 2.28. The molecule has 0 heterocycles. The minimum Gasteiger partial charge on any atom is -0.494 e. The summed E-state index contributed by atoms with van der Waals surface area (Å²) in [5.74, 6) is 1.56. The number of rotatable bonds is 8. The Hall–Kier alpha value is -2.24.